The van der Waals surface area contributed by atoms with Crippen molar-refractivity contribution in [3.63, 3.8) is 0 Å². The van der Waals surface area contributed by atoms with Crippen LogP contribution in [0.2, 0.25) is 0 Å². The van der Waals surface area contributed by atoms with Gasteiger partial charge in [-0.2, -0.15) is 5.10 Å². The van der Waals surface area contributed by atoms with Gasteiger partial charge in [0.15, 0.2) is 11.5 Å². The highest BCUT2D eigenvalue weighted by Gasteiger charge is 2.25. The van der Waals surface area contributed by atoms with Crippen LogP contribution in [-0.2, 0) is 13.6 Å². The zero-order valence-electron chi connectivity index (χ0n) is 21.2. The number of nitrogens with zero attached hydrogens (tertiary/aromatic N) is 3. The maximum Gasteiger partial charge on any atom is 0.222 e. The Balaban J connectivity index is 2.02. The van der Waals surface area contributed by atoms with Crippen LogP contribution in [0.1, 0.15) is 52.0 Å². The van der Waals surface area contributed by atoms with Crippen molar-refractivity contribution in [1.82, 2.24) is 14.7 Å². The summed E-state index contributed by atoms with van der Waals surface area (Å²) in [5.41, 5.74) is 2.94. The molecule has 2 aromatic carbocycles. The molecule has 0 aliphatic rings. The van der Waals surface area contributed by atoms with Gasteiger partial charge in [-0.25, -0.2) is 4.68 Å². The summed E-state index contributed by atoms with van der Waals surface area (Å²) in [6.07, 6.45) is 3.55. The molecular weight excluding hydrogens is 426 g/mol. The number of aromatic nitrogens is 2. The second kappa shape index (κ2) is 12.6. The van der Waals surface area contributed by atoms with Crippen LogP contribution >= 0.6 is 0 Å². The monoisotopic (exact) mass is 465 g/mol. The number of unbranched alkanes of at least 4 members (excludes halogenated alkanes) is 1. The van der Waals surface area contributed by atoms with E-state index in [1.165, 1.54) is 0 Å². The van der Waals surface area contributed by atoms with Gasteiger partial charge in [-0.05, 0) is 31.9 Å². The molecule has 0 amide bonds. The first-order valence-electron chi connectivity index (χ1n) is 12.3. The lowest BCUT2D eigenvalue weighted by atomic mass is 10.1. The number of para-hydroxylation sites is 2. The van der Waals surface area contributed by atoms with Crippen LogP contribution in [0.25, 0.3) is 11.3 Å². The first-order chi connectivity index (χ1) is 16.5. The third-order valence-electron chi connectivity index (χ3n) is 6.32. The first kappa shape index (κ1) is 25.8. The minimum Gasteiger partial charge on any atom is -0.493 e. The van der Waals surface area contributed by atoms with Crippen LogP contribution in [0.5, 0.6) is 17.4 Å². The number of aryl methyl sites for hydroxylation is 1. The quantitative estimate of drug-likeness (QED) is 0.333. The topological polar surface area (TPSA) is 59.8 Å². The molecule has 0 saturated carbocycles. The van der Waals surface area contributed by atoms with E-state index in [4.69, 9.17) is 14.6 Å². The summed E-state index contributed by atoms with van der Waals surface area (Å²) in [7, 11) is 3.55. The number of benzene rings is 2. The molecule has 2 atom stereocenters. The molecule has 3 aromatic rings. The van der Waals surface area contributed by atoms with E-state index in [0.717, 1.165) is 42.5 Å². The van der Waals surface area contributed by atoms with Gasteiger partial charge in [0, 0.05) is 31.7 Å². The van der Waals surface area contributed by atoms with Gasteiger partial charge in [-0.1, -0.05) is 69.2 Å². The van der Waals surface area contributed by atoms with Crippen molar-refractivity contribution in [2.75, 3.05) is 13.7 Å². The van der Waals surface area contributed by atoms with E-state index < -0.39 is 0 Å². The lowest BCUT2D eigenvalue weighted by molar-refractivity contribution is 0.0774. The summed E-state index contributed by atoms with van der Waals surface area (Å²) in [5, 5.41) is 15.6. The fraction of sp³-hybridized carbons (Fsp3) is 0.464. The fourth-order valence-electron chi connectivity index (χ4n) is 4.12. The molecule has 1 aromatic heterocycles. The third-order valence-corrected chi connectivity index (χ3v) is 6.32. The molecule has 0 aliphatic carbocycles. The number of hydrogen-bond donors (Lipinski definition) is 1. The Morgan fingerprint density at radius 2 is 1.71 bits per heavy atom. The van der Waals surface area contributed by atoms with Crippen LogP contribution in [0.4, 0.5) is 0 Å². The van der Waals surface area contributed by atoms with Crippen molar-refractivity contribution in [2.45, 2.75) is 65.1 Å². The molecular formula is C28H39N3O3. The Bertz CT molecular complexity index is 1020. The van der Waals surface area contributed by atoms with E-state index in [0.29, 0.717) is 36.5 Å². The van der Waals surface area contributed by atoms with Gasteiger partial charge < -0.3 is 14.6 Å². The lowest BCUT2D eigenvalue weighted by Gasteiger charge is -2.30. The van der Waals surface area contributed by atoms with E-state index >= 15 is 0 Å². The van der Waals surface area contributed by atoms with Crippen molar-refractivity contribution in [2.24, 2.45) is 7.05 Å². The number of hydrogen-bond acceptors (Lipinski definition) is 5. The largest absolute Gasteiger partial charge is 0.493 e. The molecule has 184 valence electrons. The summed E-state index contributed by atoms with van der Waals surface area (Å²) in [5.74, 6) is 2.00. The summed E-state index contributed by atoms with van der Waals surface area (Å²) < 4.78 is 13.8. The molecule has 34 heavy (non-hydrogen) atoms. The molecule has 0 radical (unpaired) electrons. The van der Waals surface area contributed by atoms with Crippen molar-refractivity contribution in [3.8, 4) is 28.6 Å². The number of aliphatic hydroxyl groups is 1. The Morgan fingerprint density at radius 1 is 1.03 bits per heavy atom. The predicted molar refractivity (Wildman–Crippen MR) is 137 cm³/mol. The van der Waals surface area contributed by atoms with E-state index in [1.54, 1.807) is 11.8 Å². The Labute approximate surface area is 204 Å². The molecule has 0 bridgehead atoms. The predicted octanol–water partition coefficient (Wildman–Crippen LogP) is 6.04. The van der Waals surface area contributed by atoms with Crippen LogP contribution in [-0.4, -0.2) is 45.6 Å². The average Bonchev–Trinajstić information content (AvgIpc) is 3.17. The highest BCUT2D eigenvalue weighted by molar-refractivity contribution is 5.66. The maximum absolute atomic E-state index is 10.7. The van der Waals surface area contributed by atoms with E-state index in [-0.39, 0.29) is 6.10 Å². The van der Waals surface area contributed by atoms with E-state index in [2.05, 4.69) is 37.8 Å². The van der Waals surface area contributed by atoms with Crippen LogP contribution < -0.4 is 9.47 Å². The van der Waals surface area contributed by atoms with Crippen molar-refractivity contribution in [1.29, 1.82) is 0 Å². The van der Waals surface area contributed by atoms with Crippen LogP contribution in [0.15, 0.2) is 54.6 Å². The second-order valence-electron chi connectivity index (χ2n) is 8.86. The molecule has 0 aliphatic heterocycles. The smallest absolute Gasteiger partial charge is 0.222 e. The summed E-state index contributed by atoms with van der Waals surface area (Å²) >= 11 is 0. The maximum atomic E-state index is 10.7. The van der Waals surface area contributed by atoms with Crippen LogP contribution in [0, 0.1) is 0 Å². The fourth-order valence-corrected chi connectivity index (χ4v) is 4.12. The lowest BCUT2D eigenvalue weighted by Crippen LogP contribution is -2.38. The number of rotatable bonds is 13. The van der Waals surface area contributed by atoms with Crippen molar-refractivity contribution >= 4 is 0 Å². The van der Waals surface area contributed by atoms with Crippen LogP contribution in [0.3, 0.4) is 0 Å². The van der Waals surface area contributed by atoms with Gasteiger partial charge in [0.25, 0.3) is 0 Å². The zero-order chi connectivity index (χ0) is 24.5. The van der Waals surface area contributed by atoms with Gasteiger partial charge in [-0.3, -0.25) is 4.90 Å². The minimum atomic E-state index is -0.357. The molecule has 1 heterocycles. The van der Waals surface area contributed by atoms with Gasteiger partial charge in [-0.15, -0.1) is 0 Å². The number of methoxy groups -OCH3 is 1. The Morgan fingerprint density at radius 3 is 2.35 bits per heavy atom. The first-order valence-corrected chi connectivity index (χ1v) is 12.3. The molecule has 6 nitrogen and oxygen atoms in total. The van der Waals surface area contributed by atoms with Crippen molar-refractivity contribution < 1.29 is 14.6 Å². The Kier molecular flexibility index (Phi) is 9.54. The number of ether oxygens (including phenoxy) is 2. The highest BCUT2D eigenvalue weighted by Crippen LogP contribution is 2.37. The third kappa shape index (κ3) is 6.39. The second-order valence-corrected chi connectivity index (χ2v) is 8.86. The SMILES string of the molecule is CCCCC(O)CN(Cc1c(-c2ccccc2)nn(C)c1Oc1ccccc1OC)C(C)CC. The normalized spacial score (nSPS) is 13.1. The molecule has 0 spiro atoms. The van der Waals surface area contributed by atoms with Gasteiger partial charge >= 0.3 is 0 Å². The minimum absolute atomic E-state index is 0.305. The van der Waals surface area contributed by atoms with Crippen molar-refractivity contribution in [3.05, 3.63) is 60.2 Å². The molecule has 0 fully saturated rings. The Hall–Kier alpha value is -2.83. The molecule has 1 N–H and O–H groups in total. The van der Waals surface area contributed by atoms with Gasteiger partial charge in [0.1, 0.15) is 5.69 Å². The molecule has 3 rings (SSSR count). The molecule has 2 unspecified atom stereocenters. The van der Waals surface area contributed by atoms with E-state index in [9.17, 15) is 5.11 Å². The molecule has 6 heteroatoms. The van der Waals surface area contributed by atoms with E-state index in [1.807, 2.05) is 49.5 Å². The summed E-state index contributed by atoms with van der Waals surface area (Å²) in [4.78, 5) is 2.35. The summed E-state index contributed by atoms with van der Waals surface area (Å²) in [6, 6.07) is 18.1. The van der Waals surface area contributed by atoms with Gasteiger partial charge in [0.2, 0.25) is 5.88 Å². The molecule has 0 saturated heterocycles. The average molecular weight is 466 g/mol. The zero-order valence-corrected chi connectivity index (χ0v) is 21.2. The standard InChI is InChI=1S/C28H39N3O3/c1-6-8-16-23(32)19-31(21(3)7-2)20-24-27(22-14-10-9-11-15-22)29-30(4)28(24)34-26-18-13-12-17-25(26)33-5/h9-15,17-18,21,23,32H,6-8,16,19-20H2,1-5H3. The number of aliphatic hydroxyl groups excluding tert-OH is 1. The van der Waals surface area contributed by atoms with Gasteiger partial charge in [0.05, 0.1) is 18.8 Å². The summed E-state index contributed by atoms with van der Waals surface area (Å²) in [6.45, 7) is 7.80. The highest BCUT2D eigenvalue weighted by atomic mass is 16.5.